The van der Waals surface area contributed by atoms with E-state index in [2.05, 4.69) is 5.10 Å². The van der Waals surface area contributed by atoms with Gasteiger partial charge in [-0.2, -0.15) is 36.7 Å². The van der Waals surface area contributed by atoms with Crippen molar-refractivity contribution in [1.82, 2.24) is 9.78 Å². The van der Waals surface area contributed by atoms with Gasteiger partial charge in [-0.3, -0.25) is 0 Å². The summed E-state index contributed by atoms with van der Waals surface area (Å²) in [4.78, 5) is -0.584. The van der Waals surface area contributed by atoms with Crippen molar-refractivity contribution in [2.75, 3.05) is 0 Å². The third-order valence-corrected chi connectivity index (χ3v) is 3.28. The van der Waals surface area contributed by atoms with Crippen molar-refractivity contribution < 1.29 is 30.7 Å². The van der Waals surface area contributed by atoms with Crippen molar-refractivity contribution in [1.29, 1.82) is 5.26 Å². The summed E-state index contributed by atoms with van der Waals surface area (Å²) in [6, 6.07) is 2.88. The molecule has 0 fully saturated rings. The summed E-state index contributed by atoms with van der Waals surface area (Å²) in [6.45, 7) is 0. The van der Waals surface area contributed by atoms with Crippen LogP contribution >= 0.6 is 11.8 Å². The van der Waals surface area contributed by atoms with E-state index in [0.29, 0.717) is 16.8 Å². The first-order valence-electron chi connectivity index (χ1n) is 5.64. The van der Waals surface area contributed by atoms with Crippen molar-refractivity contribution in [2.45, 2.75) is 16.6 Å². The average Bonchev–Trinajstić information content (AvgIpc) is 2.78. The smallest absolute Gasteiger partial charge is 0.235 e. The summed E-state index contributed by atoms with van der Waals surface area (Å²) in [6.07, 6.45) is -4.04. The topological polar surface area (TPSA) is 41.6 Å². The largest absolute Gasteiger partial charge is 0.446 e. The Morgan fingerprint density at radius 3 is 2.26 bits per heavy atom. The lowest BCUT2D eigenvalue weighted by Gasteiger charge is -2.09. The first-order valence-corrected chi connectivity index (χ1v) is 6.45. The molecule has 122 valence electrons. The minimum Gasteiger partial charge on any atom is -0.235 e. The molecule has 0 aliphatic heterocycles. The van der Waals surface area contributed by atoms with Crippen LogP contribution in [-0.4, -0.2) is 15.3 Å². The van der Waals surface area contributed by atoms with E-state index >= 15 is 0 Å². The van der Waals surface area contributed by atoms with Gasteiger partial charge in [0.1, 0.15) is 17.6 Å². The molecule has 3 nitrogen and oxygen atoms in total. The second-order valence-corrected chi connectivity index (χ2v) is 5.22. The van der Waals surface area contributed by atoms with E-state index < -0.39 is 51.1 Å². The highest BCUT2D eigenvalue weighted by Crippen LogP contribution is 2.38. The minimum absolute atomic E-state index is 0.194. The van der Waals surface area contributed by atoms with Gasteiger partial charge < -0.3 is 0 Å². The van der Waals surface area contributed by atoms with Crippen molar-refractivity contribution >= 4 is 11.8 Å². The molecule has 0 N–H and O–H groups in total. The highest BCUT2D eigenvalue weighted by molar-refractivity contribution is 8.00. The molecular weight excluding hydrogens is 351 g/mol. The molecule has 0 amide bonds. The molecule has 0 saturated carbocycles. The number of nitrogens with zero attached hydrogens (tertiary/aromatic N) is 3. The van der Waals surface area contributed by atoms with E-state index in [4.69, 9.17) is 5.26 Å². The Labute approximate surface area is 128 Å². The lowest BCUT2D eigenvalue weighted by molar-refractivity contribution is -0.137. The maximum Gasteiger partial charge on any atom is 0.446 e. The van der Waals surface area contributed by atoms with Crippen LogP contribution in [0.2, 0.25) is 0 Å². The fraction of sp³-hybridized carbons (Fsp3) is 0.167. The molecule has 23 heavy (non-hydrogen) atoms. The molecule has 0 aliphatic rings. The molecule has 1 heterocycles. The lowest BCUT2D eigenvalue weighted by Crippen LogP contribution is -2.07. The second-order valence-electron chi connectivity index (χ2n) is 4.11. The van der Waals surface area contributed by atoms with Gasteiger partial charge >= 0.3 is 11.7 Å². The first kappa shape index (κ1) is 17.1. The Morgan fingerprint density at radius 2 is 1.78 bits per heavy atom. The maximum atomic E-state index is 13.8. The van der Waals surface area contributed by atoms with Crippen molar-refractivity contribution in [3.8, 4) is 11.8 Å². The Kier molecular flexibility index (Phi) is 4.30. The number of benzene rings is 1. The van der Waals surface area contributed by atoms with E-state index in [9.17, 15) is 30.7 Å². The Bertz CT molecular complexity index is 770. The van der Waals surface area contributed by atoms with E-state index in [-0.39, 0.29) is 6.07 Å². The molecular formula is C12H4F7N3S. The number of thioether (sulfide) groups is 1. The first-order chi connectivity index (χ1) is 10.5. The zero-order valence-electron chi connectivity index (χ0n) is 10.7. The Balaban J connectivity index is 2.46. The van der Waals surface area contributed by atoms with Gasteiger partial charge in [-0.15, -0.1) is 0 Å². The molecule has 0 bridgehead atoms. The van der Waals surface area contributed by atoms with Gasteiger partial charge in [0.15, 0.2) is 5.69 Å². The van der Waals surface area contributed by atoms with Crippen LogP contribution in [0, 0.1) is 17.1 Å². The normalized spacial score (nSPS) is 12.3. The summed E-state index contributed by atoms with van der Waals surface area (Å²) in [5.74, 6) is -1.34. The van der Waals surface area contributed by atoms with Crippen LogP contribution in [0.15, 0.2) is 29.3 Å². The monoisotopic (exact) mass is 355 g/mol. The van der Waals surface area contributed by atoms with Crippen molar-refractivity contribution in [3.63, 3.8) is 0 Å². The quantitative estimate of drug-likeness (QED) is 0.588. The van der Waals surface area contributed by atoms with Crippen LogP contribution in [0.4, 0.5) is 30.7 Å². The number of rotatable bonds is 2. The van der Waals surface area contributed by atoms with Crippen LogP contribution in [0.3, 0.4) is 0 Å². The minimum atomic E-state index is -4.77. The zero-order valence-corrected chi connectivity index (χ0v) is 11.5. The van der Waals surface area contributed by atoms with Crippen LogP contribution in [0.25, 0.3) is 5.69 Å². The third kappa shape index (κ3) is 3.95. The summed E-state index contributed by atoms with van der Waals surface area (Å²) in [5, 5.41) is 12.2. The summed E-state index contributed by atoms with van der Waals surface area (Å²) in [7, 11) is 0. The molecule has 11 heteroatoms. The third-order valence-electron chi connectivity index (χ3n) is 2.53. The fourth-order valence-electron chi connectivity index (χ4n) is 1.63. The maximum absolute atomic E-state index is 13.8. The molecule has 1 aromatic carbocycles. The average molecular weight is 355 g/mol. The molecule has 2 aromatic rings. The summed E-state index contributed by atoms with van der Waals surface area (Å²) in [5.41, 5.74) is -7.08. The van der Waals surface area contributed by atoms with Gasteiger partial charge in [0, 0.05) is 6.20 Å². The standard InChI is InChI=1S/C12H4F7N3S/c13-7-3-6(11(14,15)16)1-2-9(7)22-5-10(8(4-20)21-22)23-12(17,18)19/h1-3,5H. The predicted octanol–water partition coefficient (Wildman–Crippen LogP) is 4.51. The number of hydrogen-bond donors (Lipinski definition) is 0. The Morgan fingerprint density at radius 1 is 1.13 bits per heavy atom. The molecule has 0 atom stereocenters. The van der Waals surface area contributed by atoms with E-state index in [1.54, 1.807) is 0 Å². The molecule has 0 saturated heterocycles. The van der Waals surface area contributed by atoms with Crippen LogP contribution in [0.5, 0.6) is 0 Å². The number of hydrogen-bond acceptors (Lipinski definition) is 3. The highest BCUT2D eigenvalue weighted by atomic mass is 32.2. The van der Waals surface area contributed by atoms with Gasteiger partial charge in [0.05, 0.1) is 10.5 Å². The zero-order chi connectivity index (χ0) is 17.4. The van der Waals surface area contributed by atoms with Gasteiger partial charge in [-0.1, -0.05) is 0 Å². The molecule has 0 spiro atoms. The molecule has 0 aliphatic carbocycles. The van der Waals surface area contributed by atoms with Gasteiger partial charge in [-0.25, -0.2) is 9.07 Å². The van der Waals surface area contributed by atoms with Crippen LogP contribution < -0.4 is 0 Å². The van der Waals surface area contributed by atoms with E-state index in [0.717, 1.165) is 6.20 Å². The van der Waals surface area contributed by atoms with Gasteiger partial charge in [0.25, 0.3) is 0 Å². The number of halogens is 7. The number of nitriles is 1. The van der Waals surface area contributed by atoms with Gasteiger partial charge in [0.2, 0.25) is 0 Å². The number of alkyl halides is 6. The predicted molar refractivity (Wildman–Crippen MR) is 65.2 cm³/mol. The fourth-order valence-corrected chi connectivity index (χ4v) is 2.21. The highest BCUT2D eigenvalue weighted by Gasteiger charge is 2.33. The number of aromatic nitrogens is 2. The van der Waals surface area contributed by atoms with E-state index in [1.165, 1.54) is 6.07 Å². The van der Waals surface area contributed by atoms with Crippen molar-refractivity contribution in [3.05, 3.63) is 41.5 Å². The van der Waals surface area contributed by atoms with Crippen LogP contribution in [-0.2, 0) is 6.18 Å². The summed E-state index contributed by atoms with van der Waals surface area (Å²) < 4.78 is 88.8. The van der Waals surface area contributed by atoms with Crippen molar-refractivity contribution in [2.24, 2.45) is 0 Å². The lowest BCUT2D eigenvalue weighted by atomic mass is 10.2. The Hall–Kier alpha value is -2.22. The van der Waals surface area contributed by atoms with Crippen LogP contribution in [0.1, 0.15) is 11.3 Å². The van der Waals surface area contributed by atoms with E-state index in [1.807, 2.05) is 0 Å². The molecule has 1 aromatic heterocycles. The SMILES string of the molecule is N#Cc1nn(-c2ccc(C(F)(F)F)cc2F)cc1SC(F)(F)F. The molecule has 0 unspecified atom stereocenters. The molecule has 2 rings (SSSR count). The second kappa shape index (κ2) is 5.77. The van der Waals surface area contributed by atoms with Gasteiger partial charge in [-0.05, 0) is 30.0 Å². The molecule has 0 radical (unpaired) electrons. The summed E-state index contributed by atoms with van der Waals surface area (Å²) >= 11 is -0.628.